The molecule has 0 saturated carbocycles. The van der Waals surface area contributed by atoms with Gasteiger partial charge in [-0.2, -0.15) is 9.97 Å². The van der Waals surface area contributed by atoms with Crippen molar-refractivity contribution < 1.29 is 52.3 Å². The van der Waals surface area contributed by atoms with Crippen LogP contribution < -0.4 is 26.5 Å². The fourth-order valence-electron chi connectivity index (χ4n) is 12.0. The molecular formula is C71H117N15O13S2. The van der Waals surface area contributed by atoms with Crippen LogP contribution in [0.5, 0.6) is 0 Å². The summed E-state index contributed by atoms with van der Waals surface area (Å²) in [6.07, 6.45) is 5.34. The van der Waals surface area contributed by atoms with E-state index in [4.69, 9.17) is 49.0 Å². The van der Waals surface area contributed by atoms with Gasteiger partial charge >= 0.3 is 17.4 Å². The van der Waals surface area contributed by atoms with Gasteiger partial charge in [-0.3, -0.25) is 28.5 Å². The lowest BCUT2D eigenvalue weighted by Crippen LogP contribution is -2.54. The number of azide groups is 2. The summed E-state index contributed by atoms with van der Waals surface area (Å²) in [4.78, 5) is 84.3. The van der Waals surface area contributed by atoms with E-state index in [2.05, 4.69) is 135 Å². The number of amides is 3. The summed E-state index contributed by atoms with van der Waals surface area (Å²) in [6.45, 7) is 54.7. The lowest BCUT2D eigenvalue weighted by Gasteiger charge is -2.46. The minimum atomic E-state index is -0.697. The number of hydrogen-bond donors (Lipinski definition) is 1. The molecule has 0 aromatic carbocycles. The number of rotatable bonds is 25. The van der Waals surface area contributed by atoms with Crippen molar-refractivity contribution in [3.63, 3.8) is 0 Å². The van der Waals surface area contributed by atoms with E-state index in [-0.39, 0.29) is 106 Å². The van der Waals surface area contributed by atoms with Crippen LogP contribution in [0.1, 0.15) is 185 Å². The van der Waals surface area contributed by atoms with Gasteiger partial charge in [0.1, 0.15) is 53.3 Å². The molecule has 8 heterocycles. The molecule has 6 aliphatic rings. The average molecular weight is 1450 g/mol. The predicted molar refractivity (Wildman–Crippen MR) is 397 cm³/mol. The molecule has 566 valence electrons. The SMILES string of the molecule is C=C1NC(=O)N([C@H]2CC(N=[N+]=[N-])[C@@H](COC(C)C)O2)C=C1C.CC(C)(C)OC[C@H]1O[C@@H](n2ccc(N(C(C)(C)C)C(C)(C)C)nc2=O)CS1.CC(C)COC[C@H]1O[C@@H](n2ccc(N(CC(C)C)CC(C)C)nc2=O)CS1.CC1=CN([C@H]2CC(N=[N+]=[N-])[C@@H](COC(C)C)O2)C(=O)C(C(C)C)C1=O. The zero-order valence-corrected chi connectivity index (χ0v) is 65.8. The highest BCUT2D eigenvalue weighted by Gasteiger charge is 2.46. The first-order chi connectivity index (χ1) is 47.1. The van der Waals surface area contributed by atoms with Crippen molar-refractivity contribution in [3.05, 3.63) is 102 Å². The summed E-state index contributed by atoms with van der Waals surface area (Å²) in [5.74, 6) is 3.21. The van der Waals surface area contributed by atoms with Gasteiger partial charge < -0.3 is 53.0 Å². The van der Waals surface area contributed by atoms with E-state index < -0.39 is 30.5 Å². The molecule has 4 fully saturated rings. The zero-order chi connectivity index (χ0) is 75.6. The van der Waals surface area contributed by atoms with Gasteiger partial charge in [-0.05, 0) is 156 Å². The van der Waals surface area contributed by atoms with Crippen molar-refractivity contribution in [2.75, 3.05) is 67.4 Å². The van der Waals surface area contributed by atoms with E-state index >= 15 is 0 Å². The molecule has 6 aliphatic heterocycles. The third-order valence-electron chi connectivity index (χ3n) is 16.3. The van der Waals surface area contributed by atoms with E-state index in [0.29, 0.717) is 73.3 Å². The molecule has 1 N–H and O–H groups in total. The van der Waals surface area contributed by atoms with Gasteiger partial charge in [0.2, 0.25) is 5.91 Å². The van der Waals surface area contributed by atoms with Crippen LogP contribution in [0.25, 0.3) is 20.9 Å². The normalized spacial score (nSPS) is 24.8. The third kappa shape index (κ3) is 26.3. The maximum absolute atomic E-state index is 12.8. The van der Waals surface area contributed by atoms with Crippen molar-refractivity contribution >= 4 is 52.9 Å². The first-order valence-electron chi connectivity index (χ1n) is 35.3. The number of anilines is 2. The fraction of sp³-hybridized carbons (Fsp3) is 0.761. The van der Waals surface area contributed by atoms with Crippen LogP contribution >= 0.6 is 23.5 Å². The number of carbonyl (C=O) groups excluding carboxylic acids is 3. The van der Waals surface area contributed by atoms with Crippen LogP contribution in [0, 0.1) is 29.6 Å². The van der Waals surface area contributed by atoms with Gasteiger partial charge in [0.05, 0.1) is 68.5 Å². The van der Waals surface area contributed by atoms with Gasteiger partial charge in [0, 0.05) is 101 Å². The van der Waals surface area contributed by atoms with E-state index in [1.807, 2.05) is 87.6 Å². The Morgan fingerprint density at radius 3 is 1.51 bits per heavy atom. The molecule has 2 aromatic rings. The fourth-order valence-corrected chi connectivity index (χ4v) is 14.0. The van der Waals surface area contributed by atoms with Crippen molar-refractivity contribution in [3.8, 4) is 0 Å². The summed E-state index contributed by atoms with van der Waals surface area (Å²) in [5.41, 5.74) is 18.3. The van der Waals surface area contributed by atoms with Gasteiger partial charge in [-0.25, -0.2) is 14.4 Å². The number of allylic oxidation sites excluding steroid dienone is 2. The Balaban J connectivity index is 0.000000243. The number of urea groups is 1. The quantitative estimate of drug-likeness (QED) is 0.0418. The monoisotopic (exact) mass is 1450 g/mol. The smallest absolute Gasteiger partial charge is 0.351 e. The van der Waals surface area contributed by atoms with Gasteiger partial charge in [0.25, 0.3) is 0 Å². The average Bonchev–Trinajstić information content (AvgIpc) is 1.57. The van der Waals surface area contributed by atoms with E-state index in [9.17, 15) is 24.0 Å². The minimum absolute atomic E-state index is 0.0241. The summed E-state index contributed by atoms with van der Waals surface area (Å²) < 4.78 is 49.6. The number of ether oxygens (including phenoxy) is 8. The number of hydrogen-bond acceptors (Lipinski definition) is 21. The maximum Gasteiger partial charge on any atom is 0.351 e. The molecule has 2 aromatic heterocycles. The number of ketones is 1. The first-order valence-corrected chi connectivity index (χ1v) is 37.4. The molecule has 28 nitrogen and oxygen atoms in total. The number of carbonyl (C=O) groups is 3. The zero-order valence-electron chi connectivity index (χ0n) is 64.1. The highest BCUT2D eigenvalue weighted by Crippen LogP contribution is 2.37. The second kappa shape index (κ2) is 38.7. The molecule has 30 heteroatoms. The lowest BCUT2D eigenvalue weighted by atomic mass is 9.85. The van der Waals surface area contributed by atoms with E-state index in [1.165, 1.54) is 9.80 Å². The van der Waals surface area contributed by atoms with Crippen LogP contribution in [0.3, 0.4) is 0 Å². The molecule has 101 heavy (non-hydrogen) atoms. The van der Waals surface area contributed by atoms with Crippen molar-refractivity contribution in [2.24, 2.45) is 39.8 Å². The highest BCUT2D eigenvalue weighted by atomic mass is 32.2. The van der Waals surface area contributed by atoms with Gasteiger partial charge in [-0.15, -0.1) is 23.5 Å². The van der Waals surface area contributed by atoms with Crippen molar-refractivity contribution in [1.29, 1.82) is 0 Å². The van der Waals surface area contributed by atoms with Crippen LogP contribution in [0.2, 0.25) is 0 Å². The number of nitrogens with one attached hydrogen (secondary N) is 1. The first kappa shape index (κ1) is 85.6. The predicted octanol–water partition coefficient (Wildman–Crippen LogP) is 13.1. The van der Waals surface area contributed by atoms with Crippen molar-refractivity contribution in [2.45, 2.75) is 261 Å². The molecule has 0 bridgehead atoms. The molecule has 0 radical (unpaired) electrons. The molecule has 0 spiro atoms. The Hall–Kier alpha value is -6.01. The Morgan fingerprint density at radius 1 is 0.634 bits per heavy atom. The molecular weight excluding hydrogens is 1340 g/mol. The summed E-state index contributed by atoms with van der Waals surface area (Å²) in [7, 11) is 0. The number of nitrogens with zero attached hydrogens (tertiary/aromatic N) is 14. The van der Waals surface area contributed by atoms with Crippen LogP contribution in [-0.2, 0) is 47.5 Å². The Bertz CT molecular complexity index is 3320. The van der Waals surface area contributed by atoms with E-state index in [0.717, 1.165) is 36.8 Å². The Morgan fingerprint density at radius 2 is 1.09 bits per heavy atom. The second-order valence-electron chi connectivity index (χ2n) is 31.2. The van der Waals surface area contributed by atoms with Crippen LogP contribution in [0.15, 0.2) is 80.2 Å². The summed E-state index contributed by atoms with van der Waals surface area (Å²) >= 11 is 3.36. The van der Waals surface area contributed by atoms with Gasteiger partial charge in [-0.1, -0.05) is 72.2 Å². The largest absolute Gasteiger partial charge is 0.378 e. The third-order valence-corrected chi connectivity index (χ3v) is 18.4. The molecule has 3 unspecified atom stereocenters. The second-order valence-corrected chi connectivity index (χ2v) is 33.6. The molecule has 11 atom stereocenters. The number of aromatic nitrogens is 4. The Labute approximate surface area is 607 Å². The standard InChI is InChI=1S/2C20H35N3O3S.C17H26N4O4.C14H21N5O3/c1-18(2,3)23(19(4,5)6)14-10-11-22(17(24)21-14)15-13-27-16(26-15)12-25-20(7,8)9;1-14(2)9-22(10-15(3)4)17-7-8-23(20(24)21-17)18-13-27-19(26-18)12-25-11-16(5)6;1-9(2)15-16(22)11(5)7-21(17(15)23)14-6-12(19-20-18)13(25-14)8-24-10(3)4;1-8(2)21-7-12-11(17-18-15)5-13(22-12)19-6-9(3)10(4)16-14(19)20/h10-11,15-16H,12-13H2,1-9H3;7-8,14-16,18-19H,9-13H2,1-6H3;7,9-10,12-15H,6,8H2,1-5H3;6,8,11-13H,4-5,7H2,1-3H3,(H,16,20)/t15-,16+;18-,19+;12?,13-,14-,15?;11?,12-,13-/m1111/s1. The maximum atomic E-state index is 12.8. The molecule has 4 saturated heterocycles. The van der Waals surface area contributed by atoms with Crippen molar-refractivity contribution in [1.82, 2.24) is 34.2 Å². The molecule has 8 rings (SSSR count). The Kier molecular flexibility index (Phi) is 32.8. The molecule has 3 amide bonds. The molecule has 0 aliphatic carbocycles. The lowest BCUT2D eigenvalue weighted by molar-refractivity contribution is -0.152. The topological polar surface area (TPSA) is 317 Å². The number of Topliss-reactive ketones (excluding diaryl/α,β-unsaturated/α-hetero) is 1. The van der Waals surface area contributed by atoms with Gasteiger partial charge in [0.15, 0.2) is 5.78 Å². The summed E-state index contributed by atoms with van der Waals surface area (Å²) in [5, 5.41) is 10.2. The highest BCUT2D eigenvalue weighted by molar-refractivity contribution is 8.00. The summed E-state index contributed by atoms with van der Waals surface area (Å²) in [6, 6.07) is 2.77. The van der Waals surface area contributed by atoms with Crippen LogP contribution in [0.4, 0.5) is 16.4 Å². The number of thioether (sulfide) groups is 2. The van der Waals surface area contributed by atoms with Crippen LogP contribution in [-0.4, -0.2) is 181 Å². The minimum Gasteiger partial charge on any atom is -0.378 e. The van der Waals surface area contributed by atoms with E-state index in [1.54, 1.807) is 58.2 Å².